The number of halogens is 1. The van der Waals surface area contributed by atoms with E-state index in [4.69, 9.17) is 11.6 Å². The molecule has 1 aliphatic heterocycles. The van der Waals surface area contributed by atoms with Crippen molar-refractivity contribution in [2.24, 2.45) is 0 Å². The van der Waals surface area contributed by atoms with Gasteiger partial charge in [0, 0.05) is 29.5 Å². The van der Waals surface area contributed by atoms with Crippen LogP contribution in [-0.4, -0.2) is 19.0 Å². The minimum Gasteiger partial charge on any atom is -0.372 e. The van der Waals surface area contributed by atoms with E-state index in [1.807, 2.05) is 30.3 Å². The molecule has 0 radical (unpaired) electrons. The molecule has 1 heterocycles. The summed E-state index contributed by atoms with van der Waals surface area (Å²) in [6, 6.07) is 16.8. The van der Waals surface area contributed by atoms with Gasteiger partial charge in [0.15, 0.2) is 0 Å². The van der Waals surface area contributed by atoms with Crippen LogP contribution >= 0.6 is 11.6 Å². The summed E-state index contributed by atoms with van der Waals surface area (Å²) in [5, 5.41) is 12.6. The lowest BCUT2D eigenvalue weighted by atomic mass is 10.1. The second-order valence-corrected chi connectivity index (χ2v) is 6.71. The highest BCUT2D eigenvalue weighted by Crippen LogP contribution is 2.21. The number of nitrogens with zero attached hydrogens (tertiary/aromatic N) is 2. The van der Waals surface area contributed by atoms with Crippen LogP contribution in [0.4, 0.5) is 11.4 Å². The first-order valence-corrected chi connectivity index (χ1v) is 9.07. The molecule has 0 atom stereocenters. The minimum absolute atomic E-state index is 0.0516. The van der Waals surface area contributed by atoms with Crippen LogP contribution in [0.1, 0.15) is 24.8 Å². The summed E-state index contributed by atoms with van der Waals surface area (Å²) in [6.45, 7) is 2.17. The number of benzene rings is 2. The number of hydrogen-bond acceptors (Lipinski definition) is 3. The Bertz CT molecular complexity index is 846. The normalized spacial score (nSPS) is 14.6. The average Bonchev–Trinajstić information content (AvgIpc) is 2.67. The SMILES string of the molecule is N#CC(=Cc1ccc(N2CCCCC2)cc1)C(=O)Nc1cccc(Cl)c1. The van der Waals surface area contributed by atoms with Crippen LogP contribution in [0.25, 0.3) is 6.08 Å². The maximum Gasteiger partial charge on any atom is 0.266 e. The van der Waals surface area contributed by atoms with E-state index in [1.165, 1.54) is 24.9 Å². The molecule has 1 fully saturated rings. The van der Waals surface area contributed by atoms with Crippen LogP contribution in [0.2, 0.25) is 5.02 Å². The lowest BCUT2D eigenvalue weighted by Crippen LogP contribution is -2.29. The zero-order chi connectivity index (χ0) is 18.4. The third kappa shape index (κ3) is 4.65. The molecule has 2 aromatic carbocycles. The molecule has 1 N–H and O–H groups in total. The summed E-state index contributed by atoms with van der Waals surface area (Å²) in [7, 11) is 0. The monoisotopic (exact) mass is 365 g/mol. The first-order chi connectivity index (χ1) is 12.7. The van der Waals surface area contributed by atoms with E-state index < -0.39 is 5.91 Å². The van der Waals surface area contributed by atoms with Crippen molar-refractivity contribution in [3.8, 4) is 6.07 Å². The van der Waals surface area contributed by atoms with Crippen molar-refractivity contribution in [1.82, 2.24) is 0 Å². The second kappa shape index (κ2) is 8.55. The molecule has 1 amide bonds. The van der Waals surface area contributed by atoms with Gasteiger partial charge in [-0.2, -0.15) is 5.26 Å². The summed E-state index contributed by atoms with van der Waals surface area (Å²) in [5.74, 6) is -0.449. The largest absolute Gasteiger partial charge is 0.372 e. The van der Waals surface area contributed by atoms with Crippen LogP contribution in [0.3, 0.4) is 0 Å². The lowest BCUT2D eigenvalue weighted by molar-refractivity contribution is -0.112. The molecular formula is C21H20ClN3O. The number of rotatable bonds is 4. The standard InChI is InChI=1S/C21H20ClN3O/c22-18-5-4-6-19(14-18)24-21(26)17(15-23)13-16-7-9-20(10-8-16)25-11-2-1-3-12-25/h4-10,13-14H,1-3,11-12H2,(H,24,26). The fraction of sp³-hybridized carbons (Fsp3) is 0.238. The van der Waals surface area contributed by atoms with E-state index in [2.05, 4.69) is 10.2 Å². The maximum absolute atomic E-state index is 12.3. The highest BCUT2D eigenvalue weighted by atomic mass is 35.5. The third-order valence-corrected chi connectivity index (χ3v) is 4.61. The zero-order valence-electron chi connectivity index (χ0n) is 14.4. The Hall–Kier alpha value is -2.77. The maximum atomic E-state index is 12.3. The van der Waals surface area contributed by atoms with Crippen LogP contribution in [0, 0.1) is 11.3 Å². The van der Waals surface area contributed by atoms with Crippen molar-refractivity contribution in [2.75, 3.05) is 23.3 Å². The molecule has 26 heavy (non-hydrogen) atoms. The molecule has 0 aromatic heterocycles. The number of anilines is 2. The number of carbonyl (C=O) groups is 1. The van der Waals surface area contributed by atoms with Crippen molar-refractivity contribution < 1.29 is 4.79 Å². The highest BCUT2D eigenvalue weighted by molar-refractivity contribution is 6.31. The number of nitriles is 1. The van der Waals surface area contributed by atoms with E-state index in [0.29, 0.717) is 10.7 Å². The van der Waals surface area contributed by atoms with Gasteiger partial charge in [0.25, 0.3) is 5.91 Å². The Morgan fingerprint density at radius 2 is 1.85 bits per heavy atom. The van der Waals surface area contributed by atoms with Crippen molar-refractivity contribution in [2.45, 2.75) is 19.3 Å². The van der Waals surface area contributed by atoms with Crippen molar-refractivity contribution in [1.29, 1.82) is 5.26 Å². The molecule has 0 spiro atoms. The molecule has 5 heteroatoms. The van der Waals surface area contributed by atoms with E-state index in [-0.39, 0.29) is 5.57 Å². The number of hydrogen-bond donors (Lipinski definition) is 1. The van der Waals surface area contributed by atoms with E-state index >= 15 is 0 Å². The van der Waals surface area contributed by atoms with Gasteiger partial charge in [0.2, 0.25) is 0 Å². The molecule has 0 bridgehead atoms. The van der Waals surface area contributed by atoms with Gasteiger partial charge < -0.3 is 10.2 Å². The summed E-state index contributed by atoms with van der Waals surface area (Å²) >= 11 is 5.92. The molecule has 3 rings (SSSR count). The lowest BCUT2D eigenvalue weighted by Gasteiger charge is -2.28. The summed E-state index contributed by atoms with van der Waals surface area (Å²) < 4.78 is 0. The fourth-order valence-electron chi connectivity index (χ4n) is 3.01. The average molecular weight is 366 g/mol. The Kier molecular flexibility index (Phi) is 5.93. The smallest absolute Gasteiger partial charge is 0.266 e. The van der Waals surface area contributed by atoms with Gasteiger partial charge in [-0.15, -0.1) is 0 Å². The van der Waals surface area contributed by atoms with Gasteiger partial charge in [0.05, 0.1) is 0 Å². The molecule has 1 aliphatic rings. The van der Waals surface area contributed by atoms with Gasteiger partial charge in [-0.1, -0.05) is 29.8 Å². The molecule has 4 nitrogen and oxygen atoms in total. The van der Waals surface area contributed by atoms with Gasteiger partial charge >= 0.3 is 0 Å². The fourth-order valence-corrected chi connectivity index (χ4v) is 3.20. The number of piperidine rings is 1. The molecule has 1 saturated heterocycles. The Morgan fingerprint density at radius 1 is 1.12 bits per heavy atom. The Labute approximate surface area is 158 Å². The van der Waals surface area contributed by atoms with Crippen molar-refractivity contribution in [3.05, 3.63) is 64.7 Å². The Morgan fingerprint density at radius 3 is 2.50 bits per heavy atom. The first-order valence-electron chi connectivity index (χ1n) is 8.69. The zero-order valence-corrected chi connectivity index (χ0v) is 15.2. The van der Waals surface area contributed by atoms with Crippen molar-refractivity contribution >= 4 is 35.0 Å². The molecule has 0 unspecified atom stereocenters. The summed E-state index contributed by atoms with van der Waals surface area (Å²) in [5.41, 5.74) is 2.62. The van der Waals surface area contributed by atoms with E-state index in [1.54, 1.807) is 30.3 Å². The van der Waals surface area contributed by atoms with E-state index in [0.717, 1.165) is 18.7 Å². The van der Waals surface area contributed by atoms with E-state index in [9.17, 15) is 10.1 Å². The predicted octanol–water partition coefficient (Wildman–Crippen LogP) is 4.88. The Balaban J connectivity index is 1.71. The first kappa shape index (κ1) is 18.0. The summed E-state index contributed by atoms with van der Waals surface area (Å²) in [6.07, 6.45) is 5.35. The molecule has 0 saturated carbocycles. The number of carbonyl (C=O) groups excluding carboxylic acids is 1. The van der Waals surface area contributed by atoms with Crippen LogP contribution in [-0.2, 0) is 4.79 Å². The molecule has 132 valence electrons. The molecule has 2 aromatic rings. The topological polar surface area (TPSA) is 56.1 Å². The number of amides is 1. The highest BCUT2D eigenvalue weighted by Gasteiger charge is 2.12. The van der Waals surface area contributed by atoms with Crippen LogP contribution in [0.15, 0.2) is 54.1 Å². The van der Waals surface area contributed by atoms with Gasteiger partial charge in [0.1, 0.15) is 11.6 Å². The van der Waals surface area contributed by atoms with Crippen LogP contribution in [0.5, 0.6) is 0 Å². The van der Waals surface area contributed by atoms with Crippen molar-refractivity contribution in [3.63, 3.8) is 0 Å². The minimum atomic E-state index is -0.449. The predicted molar refractivity (Wildman–Crippen MR) is 106 cm³/mol. The molecular weight excluding hydrogens is 346 g/mol. The van der Waals surface area contributed by atoms with Crippen LogP contribution < -0.4 is 10.2 Å². The quantitative estimate of drug-likeness (QED) is 0.620. The summed E-state index contributed by atoms with van der Waals surface area (Å²) in [4.78, 5) is 14.7. The van der Waals surface area contributed by atoms with Gasteiger partial charge in [-0.25, -0.2) is 0 Å². The molecule has 0 aliphatic carbocycles. The van der Waals surface area contributed by atoms with Gasteiger partial charge in [-0.05, 0) is 61.2 Å². The van der Waals surface area contributed by atoms with Gasteiger partial charge in [-0.3, -0.25) is 4.79 Å². The third-order valence-electron chi connectivity index (χ3n) is 4.37. The number of nitrogens with one attached hydrogen (secondary N) is 1. The second-order valence-electron chi connectivity index (χ2n) is 6.27.